The molecule has 1 N–H and O–H groups in total. The molecule has 1 aromatic carbocycles. The lowest BCUT2D eigenvalue weighted by Gasteiger charge is -2.08. The zero-order chi connectivity index (χ0) is 12.3. The number of benzene rings is 1. The Kier molecular flexibility index (Phi) is 3.59. The van der Waals surface area contributed by atoms with E-state index in [2.05, 4.69) is 15.3 Å². The van der Waals surface area contributed by atoms with Gasteiger partial charge in [-0.15, -0.1) is 0 Å². The van der Waals surface area contributed by atoms with Crippen LogP contribution in [0.4, 0.5) is 5.82 Å². The van der Waals surface area contributed by atoms with Crippen LogP contribution in [0, 0.1) is 13.8 Å². The van der Waals surface area contributed by atoms with Crippen LogP contribution >= 0.6 is 11.6 Å². The fourth-order valence-electron chi connectivity index (χ4n) is 1.49. The molecule has 1 aromatic heterocycles. The van der Waals surface area contributed by atoms with E-state index in [0.29, 0.717) is 0 Å². The molecule has 0 saturated heterocycles. The Balaban J connectivity index is 2.07. The third-order valence-corrected chi connectivity index (χ3v) is 2.70. The summed E-state index contributed by atoms with van der Waals surface area (Å²) in [6.45, 7) is 4.59. The predicted octanol–water partition coefficient (Wildman–Crippen LogP) is 3.36. The fourth-order valence-corrected chi connectivity index (χ4v) is 1.62. The average molecular weight is 248 g/mol. The molecule has 4 heteroatoms. The Hall–Kier alpha value is -1.61. The number of halogens is 1. The smallest absolute Gasteiger partial charge is 0.148 e. The van der Waals surface area contributed by atoms with E-state index in [1.54, 1.807) is 6.20 Å². The van der Waals surface area contributed by atoms with Gasteiger partial charge >= 0.3 is 0 Å². The summed E-state index contributed by atoms with van der Waals surface area (Å²) in [5.74, 6) is 0.833. The molecule has 0 amide bonds. The highest BCUT2D eigenvalue weighted by molar-refractivity contribution is 6.30. The van der Waals surface area contributed by atoms with E-state index in [4.69, 9.17) is 11.6 Å². The maximum Gasteiger partial charge on any atom is 0.148 e. The number of hydrogen-bond donors (Lipinski definition) is 1. The van der Waals surface area contributed by atoms with Gasteiger partial charge in [0.1, 0.15) is 5.82 Å². The molecule has 2 rings (SSSR count). The summed E-state index contributed by atoms with van der Waals surface area (Å²) in [4.78, 5) is 8.66. The normalized spacial score (nSPS) is 10.3. The van der Waals surface area contributed by atoms with E-state index in [1.165, 1.54) is 0 Å². The van der Waals surface area contributed by atoms with Gasteiger partial charge in [-0.1, -0.05) is 23.7 Å². The zero-order valence-electron chi connectivity index (χ0n) is 9.87. The quantitative estimate of drug-likeness (QED) is 0.904. The highest BCUT2D eigenvalue weighted by atomic mass is 35.5. The Morgan fingerprint density at radius 1 is 1.18 bits per heavy atom. The first-order valence-corrected chi connectivity index (χ1v) is 5.81. The molecule has 88 valence electrons. The van der Waals surface area contributed by atoms with Crippen LogP contribution in [0.5, 0.6) is 0 Å². The van der Waals surface area contributed by atoms with Crippen LogP contribution in [0.15, 0.2) is 30.5 Å². The first kappa shape index (κ1) is 11.9. The molecule has 2 aromatic rings. The largest absolute Gasteiger partial charge is 0.364 e. The molecule has 17 heavy (non-hydrogen) atoms. The van der Waals surface area contributed by atoms with Crippen molar-refractivity contribution in [2.75, 3.05) is 5.32 Å². The molecule has 0 spiro atoms. The van der Waals surface area contributed by atoms with Crippen molar-refractivity contribution < 1.29 is 0 Å². The molecule has 0 saturated carbocycles. The van der Waals surface area contributed by atoms with Crippen molar-refractivity contribution in [2.24, 2.45) is 0 Å². The Labute approximate surface area is 106 Å². The number of hydrogen-bond acceptors (Lipinski definition) is 3. The molecule has 0 bridgehead atoms. The SMILES string of the molecule is Cc1cnc(C)c(NCc2ccc(Cl)cc2)n1. The third kappa shape index (κ3) is 3.17. The molecule has 0 aliphatic rings. The molecule has 0 radical (unpaired) electrons. The van der Waals surface area contributed by atoms with Gasteiger partial charge in [0.25, 0.3) is 0 Å². The van der Waals surface area contributed by atoms with E-state index in [0.717, 1.165) is 34.3 Å². The van der Waals surface area contributed by atoms with Crippen LogP contribution in [0.1, 0.15) is 17.0 Å². The van der Waals surface area contributed by atoms with Gasteiger partial charge in [0.15, 0.2) is 0 Å². The molecule has 0 unspecified atom stereocenters. The summed E-state index contributed by atoms with van der Waals surface area (Å²) in [5, 5.41) is 4.02. The summed E-state index contributed by atoms with van der Waals surface area (Å²) in [7, 11) is 0. The minimum absolute atomic E-state index is 0.718. The minimum atomic E-state index is 0.718. The van der Waals surface area contributed by atoms with Gasteiger partial charge in [-0.2, -0.15) is 0 Å². The monoisotopic (exact) mass is 247 g/mol. The fraction of sp³-hybridized carbons (Fsp3) is 0.231. The van der Waals surface area contributed by atoms with Crippen molar-refractivity contribution in [3.05, 3.63) is 52.4 Å². The predicted molar refractivity (Wildman–Crippen MR) is 70.3 cm³/mol. The number of nitrogens with one attached hydrogen (secondary N) is 1. The van der Waals surface area contributed by atoms with Crippen molar-refractivity contribution in [3.8, 4) is 0 Å². The van der Waals surface area contributed by atoms with Crippen LogP contribution in [0.3, 0.4) is 0 Å². The van der Waals surface area contributed by atoms with Gasteiger partial charge in [-0.05, 0) is 31.5 Å². The van der Waals surface area contributed by atoms with Gasteiger partial charge < -0.3 is 5.32 Å². The van der Waals surface area contributed by atoms with Gasteiger partial charge in [0.2, 0.25) is 0 Å². The molecular formula is C13H14ClN3. The van der Waals surface area contributed by atoms with Crippen LogP contribution in [0.2, 0.25) is 5.02 Å². The van der Waals surface area contributed by atoms with Crippen molar-refractivity contribution >= 4 is 17.4 Å². The lowest BCUT2D eigenvalue weighted by Crippen LogP contribution is -2.05. The highest BCUT2D eigenvalue weighted by Crippen LogP contribution is 2.13. The van der Waals surface area contributed by atoms with Crippen molar-refractivity contribution in [3.63, 3.8) is 0 Å². The van der Waals surface area contributed by atoms with Gasteiger partial charge in [-0.25, -0.2) is 4.98 Å². The highest BCUT2D eigenvalue weighted by Gasteiger charge is 2.01. The van der Waals surface area contributed by atoms with Crippen LogP contribution in [-0.4, -0.2) is 9.97 Å². The number of rotatable bonds is 3. The van der Waals surface area contributed by atoms with E-state index < -0.39 is 0 Å². The van der Waals surface area contributed by atoms with Crippen molar-refractivity contribution in [1.82, 2.24) is 9.97 Å². The second-order valence-electron chi connectivity index (χ2n) is 3.93. The molecule has 0 fully saturated rings. The molecule has 0 aliphatic heterocycles. The maximum atomic E-state index is 5.83. The third-order valence-electron chi connectivity index (χ3n) is 2.45. The number of nitrogens with zero attached hydrogens (tertiary/aromatic N) is 2. The lowest BCUT2D eigenvalue weighted by molar-refractivity contribution is 1.02. The first-order chi connectivity index (χ1) is 8.15. The Bertz CT molecular complexity index is 509. The zero-order valence-corrected chi connectivity index (χ0v) is 10.6. The summed E-state index contributed by atoms with van der Waals surface area (Å²) < 4.78 is 0. The van der Waals surface area contributed by atoms with E-state index >= 15 is 0 Å². The summed E-state index contributed by atoms with van der Waals surface area (Å²) in [6, 6.07) is 7.75. The first-order valence-electron chi connectivity index (χ1n) is 5.44. The van der Waals surface area contributed by atoms with E-state index in [1.807, 2.05) is 38.1 Å². The van der Waals surface area contributed by atoms with Crippen LogP contribution in [-0.2, 0) is 6.54 Å². The Morgan fingerprint density at radius 3 is 2.59 bits per heavy atom. The van der Waals surface area contributed by atoms with Crippen LogP contribution in [0.25, 0.3) is 0 Å². The van der Waals surface area contributed by atoms with Gasteiger partial charge in [0, 0.05) is 17.8 Å². The topological polar surface area (TPSA) is 37.8 Å². The maximum absolute atomic E-state index is 5.83. The summed E-state index contributed by atoms with van der Waals surface area (Å²) in [6.07, 6.45) is 1.77. The number of anilines is 1. The van der Waals surface area contributed by atoms with Crippen molar-refractivity contribution in [1.29, 1.82) is 0 Å². The average Bonchev–Trinajstić information content (AvgIpc) is 2.32. The second-order valence-corrected chi connectivity index (χ2v) is 4.36. The Morgan fingerprint density at radius 2 is 1.88 bits per heavy atom. The number of aromatic nitrogens is 2. The number of aryl methyl sites for hydroxylation is 2. The lowest BCUT2D eigenvalue weighted by atomic mass is 10.2. The molecule has 0 aliphatic carbocycles. The van der Waals surface area contributed by atoms with Crippen molar-refractivity contribution in [2.45, 2.75) is 20.4 Å². The van der Waals surface area contributed by atoms with Gasteiger partial charge in [-0.3, -0.25) is 4.98 Å². The van der Waals surface area contributed by atoms with E-state index in [-0.39, 0.29) is 0 Å². The standard InChI is InChI=1S/C13H14ClN3/c1-9-7-15-10(2)13(17-9)16-8-11-3-5-12(14)6-4-11/h3-7H,8H2,1-2H3,(H,16,17). The molecule has 1 heterocycles. The second kappa shape index (κ2) is 5.15. The summed E-state index contributed by atoms with van der Waals surface area (Å²) >= 11 is 5.83. The molecule has 0 atom stereocenters. The minimum Gasteiger partial charge on any atom is -0.364 e. The summed E-state index contributed by atoms with van der Waals surface area (Å²) in [5.41, 5.74) is 2.98. The molecule has 3 nitrogen and oxygen atoms in total. The molecular weight excluding hydrogens is 234 g/mol. The van der Waals surface area contributed by atoms with Crippen LogP contribution < -0.4 is 5.32 Å². The van der Waals surface area contributed by atoms with Gasteiger partial charge in [0.05, 0.1) is 11.4 Å². The van der Waals surface area contributed by atoms with E-state index in [9.17, 15) is 0 Å².